The first-order valence-corrected chi connectivity index (χ1v) is 11.6. The number of pyridine rings is 1. The van der Waals surface area contributed by atoms with Crippen LogP contribution in [0.25, 0.3) is 0 Å². The number of aliphatic hydroxyl groups is 1. The Morgan fingerprint density at radius 3 is 2.50 bits per heavy atom. The van der Waals surface area contributed by atoms with E-state index in [-0.39, 0.29) is 17.5 Å². The van der Waals surface area contributed by atoms with Crippen LogP contribution in [0.2, 0.25) is 0 Å². The summed E-state index contributed by atoms with van der Waals surface area (Å²) >= 11 is 0. The third-order valence-corrected chi connectivity index (χ3v) is 7.03. The van der Waals surface area contributed by atoms with Crippen molar-refractivity contribution in [3.05, 3.63) is 76.1 Å². The van der Waals surface area contributed by atoms with Crippen LogP contribution in [0.3, 0.4) is 0 Å². The summed E-state index contributed by atoms with van der Waals surface area (Å²) in [5.74, 6) is 0.118. The smallest absolute Gasteiger partial charge is 0.263 e. The summed E-state index contributed by atoms with van der Waals surface area (Å²) in [5, 5.41) is 14.7. The number of para-hydroxylation sites is 1. The van der Waals surface area contributed by atoms with E-state index < -0.39 is 6.35 Å². The number of hydrogen-bond acceptors (Lipinski definition) is 6. The van der Waals surface area contributed by atoms with Crippen LogP contribution < -0.4 is 20.7 Å². The first kappa shape index (κ1) is 20.8. The van der Waals surface area contributed by atoms with Crippen LogP contribution in [0.4, 0.5) is 28.6 Å². The van der Waals surface area contributed by atoms with Gasteiger partial charge in [0, 0.05) is 49.8 Å². The zero-order chi connectivity index (χ0) is 23.6. The number of anilines is 5. The zero-order valence-electron chi connectivity index (χ0n) is 19.2. The molecule has 1 aromatic heterocycles. The highest BCUT2D eigenvalue weighted by molar-refractivity contribution is 6.07. The lowest BCUT2D eigenvalue weighted by molar-refractivity contribution is 0.00267. The maximum atomic E-state index is 13.8. The lowest BCUT2D eigenvalue weighted by Crippen LogP contribution is -2.56. The Morgan fingerprint density at radius 2 is 1.76 bits per heavy atom. The van der Waals surface area contributed by atoms with E-state index in [9.17, 15) is 14.7 Å². The number of carbonyl (C=O) groups excluding carboxylic acids is 1. The van der Waals surface area contributed by atoms with Crippen LogP contribution >= 0.6 is 0 Å². The summed E-state index contributed by atoms with van der Waals surface area (Å²) in [6.45, 7) is 0.971. The molecule has 1 unspecified atom stereocenters. The minimum atomic E-state index is -1.19. The standard InChI is InChI=1S/C26H27N5O3/c1-28-13-12-16-14-17(8-11-21(16)28)27-20-15-22(32)29(2)24-23(20)25(33)31(19-9-10-19)26(34)30(24)18-6-4-3-5-7-18/h3-8,11,14-15,19,26-27,34H,9-10,12-13H2,1-2H3. The Bertz CT molecular complexity index is 1350. The number of benzene rings is 2. The zero-order valence-corrected chi connectivity index (χ0v) is 19.2. The highest BCUT2D eigenvalue weighted by Crippen LogP contribution is 2.43. The first-order chi connectivity index (χ1) is 16.4. The van der Waals surface area contributed by atoms with Gasteiger partial charge in [0.1, 0.15) is 11.4 Å². The number of likely N-dealkylation sites (N-methyl/N-ethyl adjacent to an activating group) is 1. The van der Waals surface area contributed by atoms with Crippen molar-refractivity contribution < 1.29 is 9.90 Å². The number of aromatic nitrogens is 1. The van der Waals surface area contributed by atoms with Crippen molar-refractivity contribution in [2.24, 2.45) is 7.05 Å². The molecule has 3 heterocycles. The second-order valence-corrected chi connectivity index (χ2v) is 9.29. The number of carbonyl (C=O) groups is 1. The number of amides is 1. The molecule has 6 rings (SSSR count). The van der Waals surface area contributed by atoms with Gasteiger partial charge in [0.25, 0.3) is 11.5 Å². The fourth-order valence-electron chi connectivity index (χ4n) is 5.10. The monoisotopic (exact) mass is 457 g/mol. The first-order valence-electron chi connectivity index (χ1n) is 11.6. The van der Waals surface area contributed by atoms with E-state index in [2.05, 4.69) is 29.4 Å². The van der Waals surface area contributed by atoms with Gasteiger partial charge >= 0.3 is 0 Å². The van der Waals surface area contributed by atoms with Crippen LogP contribution in [0.1, 0.15) is 28.8 Å². The fraction of sp³-hybridized carbons (Fsp3) is 0.308. The molecule has 0 radical (unpaired) electrons. The number of nitrogens with one attached hydrogen (secondary N) is 1. The maximum Gasteiger partial charge on any atom is 0.263 e. The molecule has 3 aliphatic rings. The van der Waals surface area contributed by atoms with E-state index >= 15 is 0 Å². The second kappa shape index (κ2) is 7.63. The van der Waals surface area contributed by atoms with Crippen molar-refractivity contribution in [3.63, 3.8) is 0 Å². The molecular formula is C26H27N5O3. The van der Waals surface area contributed by atoms with Gasteiger partial charge < -0.3 is 15.3 Å². The molecule has 0 saturated heterocycles. The molecule has 34 heavy (non-hydrogen) atoms. The van der Waals surface area contributed by atoms with Crippen molar-refractivity contribution in [2.75, 3.05) is 28.7 Å². The number of fused-ring (bicyclic) bond motifs is 2. The van der Waals surface area contributed by atoms with Gasteiger partial charge in [0.2, 0.25) is 6.35 Å². The molecule has 1 fully saturated rings. The van der Waals surface area contributed by atoms with Crippen LogP contribution in [0, 0.1) is 0 Å². The molecule has 1 aliphatic carbocycles. The average molecular weight is 458 g/mol. The number of aliphatic hydroxyl groups excluding tert-OH is 1. The number of nitrogens with zero attached hydrogens (tertiary/aromatic N) is 4. The molecule has 0 spiro atoms. The Hall–Kier alpha value is -3.78. The average Bonchev–Trinajstić information content (AvgIpc) is 3.60. The van der Waals surface area contributed by atoms with Gasteiger partial charge in [-0.3, -0.25) is 24.0 Å². The SMILES string of the molecule is CN1CCc2cc(Nc3cc(=O)n(C)c4c3C(=O)N(C3CC3)C(O)N4c3ccccc3)ccc21. The van der Waals surface area contributed by atoms with Crippen molar-refractivity contribution in [1.29, 1.82) is 0 Å². The molecule has 0 bridgehead atoms. The van der Waals surface area contributed by atoms with Gasteiger partial charge in [0.15, 0.2) is 0 Å². The molecular weight excluding hydrogens is 430 g/mol. The number of hydrogen-bond donors (Lipinski definition) is 2. The quantitative estimate of drug-likeness (QED) is 0.627. The van der Waals surface area contributed by atoms with Crippen LogP contribution in [-0.2, 0) is 13.5 Å². The normalized spacial score (nSPS) is 19.3. The number of rotatable bonds is 4. The molecule has 3 aromatic rings. The van der Waals surface area contributed by atoms with Gasteiger partial charge in [-0.25, -0.2) is 0 Å². The lowest BCUT2D eigenvalue weighted by atomic mass is 10.1. The highest BCUT2D eigenvalue weighted by atomic mass is 16.3. The Kier molecular flexibility index (Phi) is 4.67. The summed E-state index contributed by atoms with van der Waals surface area (Å²) in [5.41, 5.74) is 4.55. The predicted molar refractivity (Wildman–Crippen MR) is 132 cm³/mol. The molecule has 2 N–H and O–H groups in total. The Balaban J connectivity index is 1.52. The molecule has 8 nitrogen and oxygen atoms in total. The van der Waals surface area contributed by atoms with Gasteiger partial charge in [-0.2, -0.15) is 0 Å². The van der Waals surface area contributed by atoms with Gasteiger partial charge in [0.05, 0.1) is 5.69 Å². The van der Waals surface area contributed by atoms with Crippen molar-refractivity contribution in [1.82, 2.24) is 9.47 Å². The topological polar surface area (TPSA) is 81.0 Å². The largest absolute Gasteiger partial charge is 0.374 e. The van der Waals surface area contributed by atoms with E-state index in [4.69, 9.17) is 0 Å². The minimum absolute atomic E-state index is 0.0116. The highest BCUT2D eigenvalue weighted by Gasteiger charge is 2.47. The molecule has 2 aliphatic heterocycles. The fourth-order valence-corrected chi connectivity index (χ4v) is 5.10. The van der Waals surface area contributed by atoms with Crippen LogP contribution in [0.15, 0.2) is 59.4 Å². The summed E-state index contributed by atoms with van der Waals surface area (Å²) in [4.78, 5) is 32.2. The molecule has 2 aromatic carbocycles. The summed E-state index contributed by atoms with van der Waals surface area (Å²) in [6.07, 6.45) is 1.48. The Morgan fingerprint density at radius 1 is 1.00 bits per heavy atom. The molecule has 1 atom stereocenters. The van der Waals surface area contributed by atoms with E-state index in [0.29, 0.717) is 22.8 Å². The maximum absolute atomic E-state index is 13.8. The summed E-state index contributed by atoms with van der Waals surface area (Å²) < 4.78 is 1.44. The van der Waals surface area contributed by atoms with E-state index in [1.54, 1.807) is 16.8 Å². The van der Waals surface area contributed by atoms with Crippen LogP contribution in [0.5, 0.6) is 0 Å². The summed E-state index contributed by atoms with van der Waals surface area (Å²) in [7, 11) is 3.71. The Labute approximate surface area is 197 Å². The predicted octanol–water partition coefficient (Wildman–Crippen LogP) is 3.15. The lowest BCUT2D eigenvalue weighted by Gasteiger charge is -2.43. The molecule has 174 valence electrons. The van der Waals surface area contributed by atoms with Crippen molar-refractivity contribution >= 4 is 34.5 Å². The van der Waals surface area contributed by atoms with E-state index in [1.807, 2.05) is 36.4 Å². The van der Waals surface area contributed by atoms with Gasteiger partial charge in [-0.15, -0.1) is 0 Å². The van der Waals surface area contributed by atoms with E-state index in [0.717, 1.165) is 31.5 Å². The minimum Gasteiger partial charge on any atom is -0.374 e. The van der Waals surface area contributed by atoms with Gasteiger partial charge in [-0.05, 0) is 55.2 Å². The molecule has 1 saturated carbocycles. The third-order valence-electron chi connectivity index (χ3n) is 7.03. The van der Waals surface area contributed by atoms with Crippen LogP contribution in [-0.4, -0.2) is 46.5 Å². The van der Waals surface area contributed by atoms with Crippen molar-refractivity contribution in [2.45, 2.75) is 31.7 Å². The molecule has 8 heteroatoms. The van der Waals surface area contributed by atoms with Gasteiger partial charge in [-0.1, -0.05) is 18.2 Å². The second-order valence-electron chi connectivity index (χ2n) is 9.29. The third kappa shape index (κ3) is 3.17. The molecule has 1 amide bonds. The summed E-state index contributed by atoms with van der Waals surface area (Å²) in [6, 6.07) is 17.0. The van der Waals surface area contributed by atoms with E-state index in [1.165, 1.54) is 21.9 Å². The van der Waals surface area contributed by atoms with Crippen molar-refractivity contribution in [3.8, 4) is 0 Å².